The second kappa shape index (κ2) is 20.2. The number of aryl methyl sites for hydroxylation is 3. The van der Waals surface area contributed by atoms with Crippen molar-refractivity contribution in [2.24, 2.45) is 0 Å². The van der Waals surface area contributed by atoms with Crippen molar-refractivity contribution in [1.29, 1.82) is 0 Å². The summed E-state index contributed by atoms with van der Waals surface area (Å²) in [5, 5.41) is 5.72. The molecule has 0 heterocycles. The molecule has 0 aliphatic carbocycles. The van der Waals surface area contributed by atoms with Crippen LogP contribution in [0.25, 0.3) is 0 Å². The predicted octanol–water partition coefficient (Wildman–Crippen LogP) is 6.87. The van der Waals surface area contributed by atoms with Gasteiger partial charge in [0.1, 0.15) is 11.6 Å². The van der Waals surface area contributed by atoms with Gasteiger partial charge in [-0.2, -0.15) is 0 Å². The number of carbonyl (C=O) groups excluding carboxylic acids is 1. The van der Waals surface area contributed by atoms with Crippen molar-refractivity contribution in [3.8, 4) is 5.75 Å². The highest BCUT2D eigenvalue weighted by Gasteiger charge is 2.12. The molecule has 5 heteroatoms. The molecule has 2 N–H and O–H groups in total. The highest BCUT2D eigenvalue weighted by molar-refractivity contribution is 5.94. The van der Waals surface area contributed by atoms with Gasteiger partial charge in [-0.1, -0.05) is 47.1 Å². The standard InChI is InChI=1S/C14H20FNO.C10H14O.C2H7N.C2H6/c1-4-6-12(5-2)16-14(17)11-7-8-13(15)10(3)9-11;1-4-9-5-6-10(11-3)7-8(9)2;1-3-2;1-2/h7-9,12H,4-6H2,1-3H3,(H,16,17);5-7H,4H2,1-3H3;3H,1-2H3;1-2H3. The van der Waals surface area contributed by atoms with Crippen molar-refractivity contribution in [1.82, 2.24) is 10.6 Å². The number of hydrogen-bond acceptors (Lipinski definition) is 3. The Bertz CT molecular complexity index is 778. The lowest BCUT2D eigenvalue weighted by Crippen LogP contribution is -2.34. The van der Waals surface area contributed by atoms with Crippen LogP contribution in [-0.2, 0) is 6.42 Å². The van der Waals surface area contributed by atoms with E-state index in [2.05, 4.69) is 50.5 Å². The second-order valence-corrected chi connectivity index (χ2v) is 7.48. The van der Waals surface area contributed by atoms with E-state index in [-0.39, 0.29) is 17.8 Å². The predicted molar refractivity (Wildman–Crippen MR) is 141 cm³/mol. The molecule has 0 aromatic heterocycles. The van der Waals surface area contributed by atoms with E-state index < -0.39 is 0 Å². The van der Waals surface area contributed by atoms with Gasteiger partial charge in [-0.15, -0.1) is 0 Å². The summed E-state index contributed by atoms with van der Waals surface area (Å²) in [5.41, 5.74) is 3.73. The number of methoxy groups -OCH3 is 1. The summed E-state index contributed by atoms with van der Waals surface area (Å²) in [6, 6.07) is 10.8. The zero-order chi connectivity index (χ0) is 25.8. The van der Waals surface area contributed by atoms with E-state index in [1.807, 2.05) is 34.0 Å². The Hall–Kier alpha value is -2.40. The quantitative estimate of drug-likeness (QED) is 0.472. The van der Waals surface area contributed by atoms with Crippen LogP contribution >= 0.6 is 0 Å². The third kappa shape index (κ3) is 13.7. The number of ether oxygens (including phenoxy) is 1. The SMILES string of the molecule is CC.CCCC(CC)NC(=O)c1ccc(F)c(C)c1.CCc1ccc(OC)cc1C.CNC. The van der Waals surface area contributed by atoms with Crippen LogP contribution in [0.3, 0.4) is 0 Å². The summed E-state index contributed by atoms with van der Waals surface area (Å²) in [7, 11) is 5.44. The fourth-order valence-electron chi connectivity index (χ4n) is 2.97. The van der Waals surface area contributed by atoms with Gasteiger partial charge in [-0.25, -0.2) is 4.39 Å². The van der Waals surface area contributed by atoms with Crippen LogP contribution in [0.2, 0.25) is 0 Å². The molecule has 0 saturated heterocycles. The average molecular weight is 463 g/mol. The third-order valence-electron chi connectivity index (χ3n) is 4.82. The van der Waals surface area contributed by atoms with Gasteiger partial charge in [0.25, 0.3) is 5.91 Å². The lowest BCUT2D eigenvalue weighted by molar-refractivity contribution is 0.0933. The number of carbonyl (C=O) groups is 1. The van der Waals surface area contributed by atoms with Gasteiger partial charge in [-0.05, 0) is 94.2 Å². The van der Waals surface area contributed by atoms with Crippen LogP contribution in [0, 0.1) is 19.7 Å². The Balaban J connectivity index is 0. The van der Waals surface area contributed by atoms with Gasteiger partial charge in [-0.3, -0.25) is 4.79 Å². The molecule has 1 unspecified atom stereocenters. The highest BCUT2D eigenvalue weighted by atomic mass is 19.1. The van der Waals surface area contributed by atoms with Crippen LogP contribution < -0.4 is 15.4 Å². The number of halogens is 1. The van der Waals surface area contributed by atoms with E-state index in [1.165, 1.54) is 23.3 Å². The molecule has 0 fully saturated rings. The zero-order valence-electron chi connectivity index (χ0n) is 22.6. The van der Waals surface area contributed by atoms with Crippen LogP contribution in [0.5, 0.6) is 5.75 Å². The first kappa shape index (κ1) is 32.8. The smallest absolute Gasteiger partial charge is 0.251 e. The minimum atomic E-state index is -0.276. The molecule has 2 aromatic carbocycles. The van der Waals surface area contributed by atoms with E-state index in [4.69, 9.17) is 4.74 Å². The van der Waals surface area contributed by atoms with Crippen LogP contribution in [-0.4, -0.2) is 33.2 Å². The molecule has 2 aromatic rings. The monoisotopic (exact) mass is 462 g/mol. The maximum absolute atomic E-state index is 13.1. The lowest BCUT2D eigenvalue weighted by Gasteiger charge is -2.16. The first-order chi connectivity index (χ1) is 15.8. The zero-order valence-corrected chi connectivity index (χ0v) is 22.6. The summed E-state index contributed by atoms with van der Waals surface area (Å²) >= 11 is 0. The first-order valence-electron chi connectivity index (χ1n) is 12.1. The van der Waals surface area contributed by atoms with Gasteiger partial charge in [0.15, 0.2) is 0 Å². The second-order valence-electron chi connectivity index (χ2n) is 7.48. The molecule has 33 heavy (non-hydrogen) atoms. The molecule has 0 bridgehead atoms. The minimum absolute atomic E-state index is 0.117. The van der Waals surface area contributed by atoms with Gasteiger partial charge >= 0.3 is 0 Å². The molecule has 188 valence electrons. The van der Waals surface area contributed by atoms with Gasteiger partial charge in [0.05, 0.1) is 7.11 Å². The molecule has 0 saturated carbocycles. The van der Waals surface area contributed by atoms with Crippen molar-refractivity contribution in [2.45, 2.75) is 80.2 Å². The topological polar surface area (TPSA) is 50.4 Å². The number of benzene rings is 2. The number of nitrogens with one attached hydrogen (secondary N) is 2. The fraction of sp³-hybridized carbons (Fsp3) is 0.536. The summed E-state index contributed by atoms with van der Waals surface area (Å²) in [6.07, 6.45) is 4.03. The maximum atomic E-state index is 13.1. The lowest BCUT2D eigenvalue weighted by atomic mass is 10.1. The molecule has 0 radical (unpaired) electrons. The van der Waals surface area contributed by atoms with E-state index in [1.54, 1.807) is 20.1 Å². The Kier molecular flexibility index (Phi) is 20.1. The number of hydrogen-bond donors (Lipinski definition) is 2. The third-order valence-corrected chi connectivity index (χ3v) is 4.82. The molecule has 0 aliphatic heterocycles. The van der Waals surface area contributed by atoms with Gasteiger partial charge < -0.3 is 15.4 Å². The van der Waals surface area contributed by atoms with Crippen molar-refractivity contribution >= 4 is 5.91 Å². The van der Waals surface area contributed by atoms with Gasteiger partial charge in [0.2, 0.25) is 0 Å². The molecular weight excluding hydrogens is 415 g/mol. The van der Waals surface area contributed by atoms with Crippen molar-refractivity contribution in [2.75, 3.05) is 21.2 Å². The van der Waals surface area contributed by atoms with Crippen molar-refractivity contribution in [3.63, 3.8) is 0 Å². The summed E-state index contributed by atoms with van der Waals surface area (Å²) < 4.78 is 18.2. The van der Waals surface area contributed by atoms with E-state index in [9.17, 15) is 9.18 Å². The summed E-state index contributed by atoms with van der Waals surface area (Å²) in [4.78, 5) is 11.9. The fourth-order valence-corrected chi connectivity index (χ4v) is 2.97. The molecule has 0 aliphatic rings. The Morgan fingerprint density at radius 2 is 1.61 bits per heavy atom. The number of amides is 1. The largest absolute Gasteiger partial charge is 0.497 e. The summed E-state index contributed by atoms with van der Waals surface area (Å²) in [6.45, 7) is 14.1. The maximum Gasteiger partial charge on any atom is 0.251 e. The van der Waals surface area contributed by atoms with E-state index in [0.717, 1.165) is 31.4 Å². The molecule has 0 spiro atoms. The molecule has 2 rings (SSSR count). The van der Waals surface area contributed by atoms with Crippen LogP contribution in [0.4, 0.5) is 4.39 Å². The average Bonchev–Trinajstić information content (AvgIpc) is 2.82. The summed E-state index contributed by atoms with van der Waals surface area (Å²) in [5.74, 6) is 0.551. The van der Waals surface area contributed by atoms with Crippen LogP contribution in [0.15, 0.2) is 36.4 Å². The van der Waals surface area contributed by atoms with Crippen LogP contribution in [0.1, 0.15) is 80.9 Å². The molecule has 1 amide bonds. The minimum Gasteiger partial charge on any atom is -0.497 e. The van der Waals surface area contributed by atoms with E-state index >= 15 is 0 Å². The number of rotatable bonds is 7. The Labute approximate surface area is 202 Å². The Morgan fingerprint density at radius 3 is 2.03 bits per heavy atom. The van der Waals surface area contributed by atoms with E-state index in [0.29, 0.717) is 11.1 Å². The normalized spacial score (nSPS) is 10.3. The highest BCUT2D eigenvalue weighted by Crippen LogP contribution is 2.16. The van der Waals surface area contributed by atoms with Crippen molar-refractivity contribution in [3.05, 3.63) is 64.5 Å². The molecule has 4 nitrogen and oxygen atoms in total. The molecular formula is C28H47FN2O2. The Morgan fingerprint density at radius 1 is 1.00 bits per heavy atom. The first-order valence-corrected chi connectivity index (χ1v) is 12.1. The molecule has 1 atom stereocenters. The van der Waals surface area contributed by atoms with Gasteiger partial charge in [0, 0.05) is 11.6 Å². The van der Waals surface area contributed by atoms with Crippen molar-refractivity contribution < 1.29 is 13.9 Å².